The number of hydrogen-bond donors (Lipinski definition) is 2. The van der Waals surface area contributed by atoms with Gasteiger partial charge in [0, 0.05) is 19.1 Å². The van der Waals surface area contributed by atoms with Crippen LogP contribution in [0.15, 0.2) is 12.1 Å². The third-order valence-electron chi connectivity index (χ3n) is 4.33. The fourth-order valence-corrected chi connectivity index (χ4v) is 2.89. The van der Waals surface area contributed by atoms with E-state index in [9.17, 15) is 9.59 Å². The third kappa shape index (κ3) is 3.97. The summed E-state index contributed by atoms with van der Waals surface area (Å²) in [6.07, 6.45) is 2.82. The second-order valence-corrected chi connectivity index (χ2v) is 6.23. The Morgan fingerprint density at radius 2 is 1.83 bits per heavy atom. The highest BCUT2D eigenvalue weighted by Gasteiger charge is 2.25. The van der Waals surface area contributed by atoms with Crippen LogP contribution in [0.25, 0.3) is 0 Å². The second kappa shape index (κ2) is 7.09. The number of carbonyl (C=O) groups excluding carboxylic acids is 2. The Kier molecular flexibility index (Phi) is 4.89. The molecule has 7 nitrogen and oxygen atoms in total. The van der Waals surface area contributed by atoms with Crippen molar-refractivity contribution in [3.63, 3.8) is 0 Å². The Morgan fingerprint density at radius 3 is 2.46 bits per heavy atom. The minimum Gasteiger partial charge on any atom is -0.493 e. The lowest BCUT2D eigenvalue weighted by molar-refractivity contribution is -0.121. The van der Waals surface area contributed by atoms with E-state index in [4.69, 9.17) is 9.47 Å². The zero-order chi connectivity index (χ0) is 17.1. The molecule has 0 bridgehead atoms. The van der Waals surface area contributed by atoms with Crippen molar-refractivity contribution in [3.05, 3.63) is 23.3 Å². The van der Waals surface area contributed by atoms with E-state index in [1.54, 1.807) is 14.2 Å². The fourth-order valence-electron chi connectivity index (χ4n) is 2.89. The molecule has 1 saturated carbocycles. The molecule has 1 heterocycles. The van der Waals surface area contributed by atoms with Gasteiger partial charge in [-0.25, -0.2) is 4.79 Å². The Hall–Kier alpha value is -2.28. The summed E-state index contributed by atoms with van der Waals surface area (Å²) in [4.78, 5) is 25.6. The van der Waals surface area contributed by atoms with Crippen molar-refractivity contribution in [2.75, 3.05) is 27.3 Å². The van der Waals surface area contributed by atoms with Crippen LogP contribution < -0.4 is 20.1 Å². The van der Waals surface area contributed by atoms with Gasteiger partial charge in [-0.3, -0.25) is 15.0 Å². The van der Waals surface area contributed by atoms with Gasteiger partial charge in [0.1, 0.15) is 0 Å². The van der Waals surface area contributed by atoms with E-state index in [0.717, 1.165) is 37.1 Å². The van der Waals surface area contributed by atoms with Gasteiger partial charge >= 0.3 is 6.03 Å². The first-order chi connectivity index (χ1) is 11.6. The number of carbonyl (C=O) groups is 2. The van der Waals surface area contributed by atoms with Gasteiger partial charge < -0.3 is 14.8 Å². The van der Waals surface area contributed by atoms with E-state index < -0.39 is 6.03 Å². The molecule has 1 aromatic carbocycles. The number of methoxy groups -OCH3 is 2. The fraction of sp³-hybridized carbons (Fsp3) is 0.529. The van der Waals surface area contributed by atoms with Crippen LogP contribution in [0, 0.1) is 0 Å². The van der Waals surface area contributed by atoms with Gasteiger partial charge in [0.15, 0.2) is 11.5 Å². The van der Waals surface area contributed by atoms with Gasteiger partial charge in [-0.15, -0.1) is 0 Å². The first-order valence-corrected chi connectivity index (χ1v) is 8.15. The molecule has 1 aromatic rings. The van der Waals surface area contributed by atoms with Crippen molar-refractivity contribution >= 4 is 11.9 Å². The van der Waals surface area contributed by atoms with Crippen LogP contribution in [0.5, 0.6) is 11.5 Å². The van der Waals surface area contributed by atoms with E-state index in [0.29, 0.717) is 12.3 Å². The maximum absolute atomic E-state index is 12.0. The molecule has 1 aliphatic heterocycles. The molecule has 0 atom stereocenters. The summed E-state index contributed by atoms with van der Waals surface area (Å²) in [7, 11) is 3.23. The van der Waals surface area contributed by atoms with Crippen LogP contribution in [-0.4, -0.2) is 50.2 Å². The van der Waals surface area contributed by atoms with Gasteiger partial charge in [0.25, 0.3) is 0 Å². The molecule has 0 unspecified atom stereocenters. The molecule has 130 valence electrons. The van der Waals surface area contributed by atoms with Crippen molar-refractivity contribution < 1.29 is 19.1 Å². The molecule has 1 fully saturated rings. The van der Waals surface area contributed by atoms with E-state index in [2.05, 4.69) is 10.6 Å². The van der Waals surface area contributed by atoms with E-state index >= 15 is 0 Å². The zero-order valence-electron chi connectivity index (χ0n) is 14.1. The molecule has 0 aromatic heterocycles. The van der Waals surface area contributed by atoms with Crippen LogP contribution in [0.2, 0.25) is 0 Å². The number of benzene rings is 1. The monoisotopic (exact) mass is 333 g/mol. The molecular formula is C17H23N3O4. The van der Waals surface area contributed by atoms with Gasteiger partial charge in [-0.1, -0.05) is 0 Å². The lowest BCUT2D eigenvalue weighted by atomic mass is 9.99. The predicted octanol–water partition coefficient (Wildman–Crippen LogP) is 1.05. The predicted molar refractivity (Wildman–Crippen MR) is 88.2 cm³/mol. The first kappa shape index (κ1) is 16.6. The number of urea groups is 1. The maximum atomic E-state index is 12.0. The lowest BCUT2D eigenvalue weighted by Gasteiger charge is -2.28. The highest BCUT2D eigenvalue weighted by molar-refractivity contribution is 5.95. The summed E-state index contributed by atoms with van der Waals surface area (Å²) in [5.41, 5.74) is 2.32. The summed E-state index contributed by atoms with van der Waals surface area (Å²) >= 11 is 0. The molecule has 1 aliphatic carbocycles. The molecular weight excluding hydrogens is 310 g/mol. The zero-order valence-corrected chi connectivity index (χ0v) is 14.1. The van der Waals surface area contributed by atoms with Gasteiger partial charge in [-0.2, -0.15) is 0 Å². The van der Waals surface area contributed by atoms with Crippen molar-refractivity contribution in [3.8, 4) is 11.5 Å². The quantitative estimate of drug-likeness (QED) is 0.842. The van der Waals surface area contributed by atoms with Crippen LogP contribution in [0.4, 0.5) is 4.79 Å². The first-order valence-electron chi connectivity index (χ1n) is 8.15. The van der Waals surface area contributed by atoms with Crippen LogP contribution in [0.3, 0.4) is 0 Å². The van der Waals surface area contributed by atoms with Gasteiger partial charge in [0.05, 0.1) is 20.8 Å². The largest absolute Gasteiger partial charge is 0.493 e. The highest BCUT2D eigenvalue weighted by atomic mass is 16.5. The smallest absolute Gasteiger partial charge is 0.321 e. The maximum Gasteiger partial charge on any atom is 0.321 e. The minimum absolute atomic E-state index is 0.200. The molecule has 3 rings (SSSR count). The van der Waals surface area contributed by atoms with E-state index in [1.807, 2.05) is 17.0 Å². The molecule has 7 heteroatoms. The van der Waals surface area contributed by atoms with Crippen molar-refractivity contribution in [2.24, 2.45) is 0 Å². The molecule has 2 aliphatic rings. The molecule has 0 radical (unpaired) electrons. The summed E-state index contributed by atoms with van der Waals surface area (Å²) in [5, 5.41) is 5.13. The van der Waals surface area contributed by atoms with Gasteiger partial charge in [0.2, 0.25) is 5.91 Å². The Bertz CT molecular complexity index is 643. The molecule has 0 saturated heterocycles. The summed E-state index contributed by atoms with van der Waals surface area (Å²) in [6.45, 7) is 1.61. The van der Waals surface area contributed by atoms with Crippen LogP contribution in [0.1, 0.15) is 24.0 Å². The van der Waals surface area contributed by atoms with E-state index in [1.165, 1.54) is 5.56 Å². The number of nitrogens with one attached hydrogen (secondary N) is 2. The standard InChI is InChI=1S/C17H23N3O4/c1-23-14-7-11-5-6-20(9-12(11)8-15(14)24-2)10-16(21)19-17(22)18-13-3-4-13/h7-8,13H,3-6,9-10H2,1-2H3,(H2,18,19,21,22). The van der Waals surface area contributed by atoms with Gasteiger partial charge in [-0.05, 0) is 42.5 Å². The molecule has 24 heavy (non-hydrogen) atoms. The average molecular weight is 333 g/mol. The number of hydrogen-bond acceptors (Lipinski definition) is 5. The van der Waals surface area contributed by atoms with E-state index in [-0.39, 0.29) is 18.5 Å². The third-order valence-corrected chi connectivity index (χ3v) is 4.33. The van der Waals surface area contributed by atoms with Crippen LogP contribution in [-0.2, 0) is 17.8 Å². The topological polar surface area (TPSA) is 79.9 Å². The molecule has 3 amide bonds. The van der Waals surface area contributed by atoms with Crippen molar-refractivity contribution in [1.29, 1.82) is 0 Å². The number of rotatable bonds is 5. The number of imide groups is 1. The lowest BCUT2D eigenvalue weighted by Crippen LogP contribution is -2.46. The average Bonchev–Trinajstić information content (AvgIpc) is 3.36. The van der Waals surface area contributed by atoms with Crippen molar-refractivity contribution in [2.45, 2.75) is 31.8 Å². The normalized spacial score (nSPS) is 16.9. The minimum atomic E-state index is -0.397. The van der Waals surface area contributed by atoms with Crippen LogP contribution >= 0.6 is 0 Å². The number of ether oxygens (including phenoxy) is 2. The molecule has 0 spiro atoms. The number of fused-ring (bicyclic) bond motifs is 1. The summed E-state index contributed by atoms with van der Waals surface area (Å²) < 4.78 is 10.7. The second-order valence-electron chi connectivity index (χ2n) is 6.23. The number of nitrogens with zero attached hydrogens (tertiary/aromatic N) is 1. The number of amides is 3. The SMILES string of the molecule is COc1cc2c(cc1OC)CN(CC(=O)NC(=O)NC1CC1)CC2. The Morgan fingerprint density at radius 1 is 1.17 bits per heavy atom. The molecule has 2 N–H and O–H groups in total. The summed E-state index contributed by atoms with van der Waals surface area (Å²) in [6, 6.07) is 3.79. The van der Waals surface area contributed by atoms with Crippen molar-refractivity contribution in [1.82, 2.24) is 15.5 Å². The summed E-state index contributed by atoms with van der Waals surface area (Å²) in [5.74, 6) is 1.13. The Balaban J connectivity index is 1.57. The highest BCUT2D eigenvalue weighted by Crippen LogP contribution is 2.33. The Labute approximate surface area is 141 Å².